The zero-order valence-electron chi connectivity index (χ0n) is 16.3. The van der Waals surface area contributed by atoms with Crippen LogP contribution in [0.4, 0.5) is 0 Å². The highest BCUT2D eigenvalue weighted by Crippen LogP contribution is 2.14. The summed E-state index contributed by atoms with van der Waals surface area (Å²) in [6, 6.07) is 0. The lowest BCUT2D eigenvalue weighted by Crippen LogP contribution is -2.39. The Balaban J connectivity index is 3.37. The second-order valence-corrected chi connectivity index (χ2v) is 6.63. The zero-order chi connectivity index (χ0) is 18.4. The summed E-state index contributed by atoms with van der Waals surface area (Å²) in [5.41, 5.74) is 0.113. The quantitative estimate of drug-likeness (QED) is 0.238. The van der Waals surface area contributed by atoms with Crippen molar-refractivity contribution in [1.29, 1.82) is 0 Å². The maximum absolute atomic E-state index is 10.7. The van der Waals surface area contributed by atoms with Crippen LogP contribution in [0.3, 0.4) is 0 Å². The van der Waals surface area contributed by atoms with Crippen LogP contribution in [-0.2, 0) is 23.8 Å². The molecule has 0 atom stereocenters. The minimum Gasteiger partial charge on any atom is -0.379 e. The number of Topliss-reactive ketones (excluding diaryl/α,β-unsaturated/α-hetero) is 1. The van der Waals surface area contributed by atoms with Crippen LogP contribution >= 0.6 is 0 Å². The lowest BCUT2D eigenvalue weighted by Gasteiger charge is -2.32. The van der Waals surface area contributed by atoms with Gasteiger partial charge in [0.05, 0.1) is 39.6 Å². The predicted octanol–water partition coefficient (Wildman–Crippen LogP) is 1.57. The molecule has 0 aliphatic rings. The van der Waals surface area contributed by atoms with Gasteiger partial charge < -0.3 is 19.1 Å². The van der Waals surface area contributed by atoms with Crippen LogP contribution in [0, 0.1) is 0 Å². The molecule has 0 saturated carbocycles. The van der Waals surface area contributed by atoms with Crippen LogP contribution in [0.25, 0.3) is 0 Å². The molecule has 7 heteroatoms. The lowest BCUT2D eigenvalue weighted by atomic mass is 10.0. The minimum atomic E-state index is 0.113. The Morgan fingerprint density at radius 1 is 0.875 bits per heavy atom. The van der Waals surface area contributed by atoms with E-state index >= 15 is 0 Å². The molecular formula is C17H36N2O5. The molecule has 0 aromatic rings. The number of hydroxylamine groups is 2. The molecule has 0 amide bonds. The molecule has 0 spiro atoms. The van der Waals surface area contributed by atoms with Gasteiger partial charge in [-0.25, -0.2) is 0 Å². The number of carbonyl (C=O) groups excluding carboxylic acids is 1. The average molecular weight is 348 g/mol. The third kappa shape index (κ3) is 13.8. The summed E-state index contributed by atoms with van der Waals surface area (Å²) in [6.45, 7) is 9.47. The van der Waals surface area contributed by atoms with Crippen LogP contribution < -0.4 is 0 Å². The van der Waals surface area contributed by atoms with Crippen LogP contribution in [0.15, 0.2) is 0 Å². The van der Waals surface area contributed by atoms with E-state index in [1.165, 1.54) is 0 Å². The summed E-state index contributed by atoms with van der Waals surface area (Å²) in [6.07, 6.45) is 1.40. The average Bonchev–Trinajstić information content (AvgIpc) is 2.48. The molecule has 0 radical (unpaired) electrons. The largest absolute Gasteiger partial charge is 0.379 e. The zero-order valence-corrected chi connectivity index (χ0v) is 16.3. The highest BCUT2D eigenvalue weighted by Gasteiger charge is 2.20. The Labute approximate surface area is 147 Å². The van der Waals surface area contributed by atoms with Gasteiger partial charge in [-0.3, -0.25) is 9.63 Å². The molecule has 0 rings (SSSR count). The molecule has 7 nitrogen and oxygen atoms in total. The number of nitrogens with zero attached hydrogens (tertiary/aromatic N) is 2. The van der Waals surface area contributed by atoms with Gasteiger partial charge in [0.15, 0.2) is 0 Å². The summed E-state index contributed by atoms with van der Waals surface area (Å²) in [5.74, 6) is 0.140. The van der Waals surface area contributed by atoms with E-state index in [1.807, 2.05) is 7.05 Å². The van der Waals surface area contributed by atoms with Gasteiger partial charge in [-0.05, 0) is 41.3 Å². The number of hydrogen-bond acceptors (Lipinski definition) is 7. The van der Waals surface area contributed by atoms with Crippen molar-refractivity contribution < 1.29 is 23.8 Å². The molecule has 0 aromatic heterocycles. The van der Waals surface area contributed by atoms with E-state index in [0.717, 1.165) is 6.42 Å². The molecular weight excluding hydrogens is 312 g/mol. The van der Waals surface area contributed by atoms with Crippen molar-refractivity contribution in [2.45, 2.75) is 39.2 Å². The molecule has 0 aliphatic carbocycles. The fourth-order valence-electron chi connectivity index (χ4n) is 1.56. The van der Waals surface area contributed by atoms with Crippen LogP contribution in [-0.4, -0.2) is 88.8 Å². The van der Waals surface area contributed by atoms with E-state index in [9.17, 15) is 4.79 Å². The summed E-state index contributed by atoms with van der Waals surface area (Å²) in [5, 5.41) is 1.69. The number of ether oxygens (including phenoxy) is 3. The SMILES string of the molecule is CC(=O)CCOCCOCCOCN(C)OCCC(C)(C)N(C)C. The van der Waals surface area contributed by atoms with E-state index in [4.69, 9.17) is 19.0 Å². The Hall–Kier alpha value is -0.570. The highest BCUT2D eigenvalue weighted by molar-refractivity contribution is 5.75. The monoisotopic (exact) mass is 348 g/mol. The third-order valence-electron chi connectivity index (χ3n) is 3.85. The van der Waals surface area contributed by atoms with Gasteiger partial charge in [0.2, 0.25) is 0 Å². The van der Waals surface area contributed by atoms with Crippen molar-refractivity contribution in [1.82, 2.24) is 9.96 Å². The first-order valence-corrected chi connectivity index (χ1v) is 8.50. The molecule has 0 fully saturated rings. The molecule has 0 saturated heterocycles. The Morgan fingerprint density at radius 2 is 1.42 bits per heavy atom. The first-order valence-electron chi connectivity index (χ1n) is 8.50. The van der Waals surface area contributed by atoms with Crippen molar-refractivity contribution in [3.63, 3.8) is 0 Å². The first-order chi connectivity index (χ1) is 11.3. The van der Waals surface area contributed by atoms with Gasteiger partial charge in [-0.1, -0.05) is 0 Å². The Kier molecular flexibility index (Phi) is 13.4. The summed E-state index contributed by atoms with van der Waals surface area (Å²) < 4.78 is 16.1. The van der Waals surface area contributed by atoms with E-state index in [1.54, 1.807) is 12.0 Å². The Morgan fingerprint density at radius 3 is 1.96 bits per heavy atom. The molecule has 0 bridgehead atoms. The standard InChI is InChI=1S/C17H36N2O5/c1-16(20)7-9-21-11-12-22-13-14-23-15-19(6)24-10-8-17(2,3)18(4)5/h7-15H2,1-6H3. The Bertz CT molecular complexity index is 324. The lowest BCUT2D eigenvalue weighted by molar-refractivity contribution is -0.197. The molecule has 144 valence electrons. The number of hydrogen-bond donors (Lipinski definition) is 0. The van der Waals surface area contributed by atoms with Gasteiger partial charge in [0.1, 0.15) is 12.5 Å². The molecule has 0 N–H and O–H groups in total. The van der Waals surface area contributed by atoms with Crippen molar-refractivity contribution in [3.05, 3.63) is 0 Å². The van der Waals surface area contributed by atoms with Gasteiger partial charge >= 0.3 is 0 Å². The van der Waals surface area contributed by atoms with E-state index in [-0.39, 0.29) is 11.3 Å². The predicted molar refractivity (Wildman–Crippen MR) is 93.9 cm³/mol. The molecule has 0 unspecified atom stereocenters. The van der Waals surface area contributed by atoms with Gasteiger partial charge in [-0.15, -0.1) is 0 Å². The van der Waals surface area contributed by atoms with Crippen LogP contribution in [0.5, 0.6) is 0 Å². The molecule has 0 aromatic carbocycles. The summed E-state index contributed by atoms with van der Waals surface area (Å²) >= 11 is 0. The number of carbonyl (C=O) groups is 1. The van der Waals surface area contributed by atoms with Gasteiger partial charge in [-0.2, -0.15) is 5.06 Å². The fourth-order valence-corrected chi connectivity index (χ4v) is 1.56. The van der Waals surface area contributed by atoms with Crippen LogP contribution in [0.2, 0.25) is 0 Å². The van der Waals surface area contributed by atoms with Crippen molar-refractivity contribution in [2.24, 2.45) is 0 Å². The minimum absolute atomic E-state index is 0.113. The topological polar surface area (TPSA) is 60.5 Å². The molecule has 0 aliphatic heterocycles. The van der Waals surface area contributed by atoms with Crippen molar-refractivity contribution in [2.75, 3.05) is 67.5 Å². The highest BCUT2D eigenvalue weighted by atomic mass is 16.7. The van der Waals surface area contributed by atoms with Crippen molar-refractivity contribution >= 4 is 5.78 Å². The number of ketones is 1. The smallest absolute Gasteiger partial charge is 0.132 e. The molecule has 24 heavy (non-hydrogen) atoms. The third-order valence-corrected chi connectivity index (χ3v) is 3.85. The van der Waals surface area contributed by atoms with Crippen LogP contribution in [0.1, 0.15) is 33.6 Å². The maximum atomic E-state index is 10.7. The normalized spacial score (nSPS) is 12.3. The molecule has 0 heterocycles. The van der Waals surface area contributed by atoms with Gasteiger partial charge in [0, 0.05) is 19.0 Å². The fraction of sp³-hybridized carbons (Fsp3) is 0.941. The summed E-state index contributed by atoms with van der Waals surface area (Å²) in [4.78, 5) is 18.5. The first kappa shape index (κ1) is 23.4. The second kappa shape index (κ2) is 13.7. The summed E-state index contributed by atoms with van der Waals surface area (Å²) in [7, 11) is 5.99. The van der Waals surface area contributed by atoms with Crippen molar-refractivity contribution in [3.8, 4) is 0 Å². The van der Waals surface area contributed by atoms with E-state index < -0.39 is 0 Å². The van der Waals surface area contributed by atoms with E-state index in [0.29, 0.717) is 52.8 Å². The second-order valence-electron chi connectivity index (χ2n) is 6.63. The van der Waals surface area contributed by atoms with E-state index in [2.05, 4.69) is 32.8 Å². The van der Waals surface area contributed by atoms with Gasteiger partial charge in [0.25, 0.3) is 0 Å². The number of rotatable bonds is 16. The maximum Gasteiger partial charge on any atom is 0.132 e.